The zero-order valence-electron chi connectivity index (χ0n) is 31.8. The standard InChI is InChI=1S/C55H32N4/c1-56-38-26-29-50-47(32-38)46-30-35(25-28-49(46)59(50)39-17-6-3-7-18-39)51-41-20-10-12-22-43(41)52(44-23-13-11-21-42(44)51)36-24-27-45-48(31-36)58-54(34-14-4-2-5-15-34)55-53(45)40-19-9-8-16-37(40)33-57-55/h2-33H. The number of nitrogens with zero attached hydrogens (tertiary/aromatic N) is 4. The van der Waals surface area contributed by atoms with E-state index in [0.717, 1.165) is 77.1 Å². The highest BCUT2D eigenvalue weighted by Gasteiger charge is 2.21. The second-order valence-electron chi connectivity index (χ2n) is 15.2. The van der Waals surface area contributed by atoms with Crippen molar-refractivity contribution < 1.29 is 0 Å². The van der Waals surface area contributed by atoms with Gasteiger partial charge in [-0.15, -0.1) is 0 Å². The number of hydrogen-bond acceptors (Lipinski definition) is 2. The lowest BCUT2D eigenvalue weighted by Crippen LogP contribution is -1.95. The molecule has 0 bridgehead atoms. The number of hydrogen-bond donors (Lipinski definition) is 0. The topological polar surface area (TPSA) is 35.1 Å². The van der Waals surface area contributed by atoms with E-state index in [4.69, 9.17) is 16.5 Å². The smallest absolute Gasteiger partial charge is 0.188 e. The molecule has 0 unspecified atom stereocenters. The lowest BCUT2D eigenvalue weighted by atomic mass is 9.85. The van der Waals surface area contributed by atoms with Gasteiger partial charge in [-0.25, -0.2) is 9.83 Å². The first kappa shape index (κ1) is 33.1. The monoisotopic (exact) mass is 748 g/mol. The van der Waals surface area contributed by atoms with Gasteiger partial charge in [0.15, 0.2) is 5.69 Å². The van der Waals surface area contributed by atoms with Gasteiger partial charge in [0.25, 0.3) is 0 Å². The van der Waals surface area contributed by atoms with Crippen LogP contribution in [0.25, 0.3) is 120 Å². The maximum Gasteiger partial charge on any atom is 0.188 e. The molecule has 9 aromatic carbocycles. The predicted molar refractivity (Wildman–Crippen MR) is 246 cm³/mol. The Kier molecular flexibility index (Phi) is 7.26. The van der Waals surface area contributed by atoms with E-state index in [1.807, 2.05) is 30.5 Å². The van der Waals surface area contributed by atoms with E-state index in [1.165, 1.54) is 38.1 Å². The van der Waals surface area contributed by atoms with Crippen LogP contribution in [0.4, 0.5) is 5.69 Å². The summed E-state index contributed by atoms with van der Waals surface area (Å²) in [5, 5.41) is 11.4. The van der Waals surface area contributed by atoms with Gasteiger partial charge in [0.2, 0.25) is 0 Å². The molecule has 0 radical (unpaired) electrons. The molecule has 12 aromatic rings. The summed E-state index contributed by atoms with van der Waals surface area (Å²) in [6, 6.07) is 66.6. The molecular weight excluding hydrogens is 717 g/mol. The normalized spacial score (nSPS) is 11.7. The Morgan fingerprint density at radius 1 is 0.441 bits per heavy atom. The average Bonchev–Trinajstić information content (AvgIpc) is 3.63. The summed E-state index contributed by atoms with van der Waals surface area (Å²) in [4.78, 5) is 14.2. The number of fused-ring (bicyclic) bond motifs is 10. The van der Waals surface area contributed by atoms with E-state index >= 15 is 0 Å². The van der Waals surface area contributed by atoms with Crippen LogP contribution in [0.3, 0.4) is 0 Å². The Hall–Kier alpha value is -8.13. The molecule has 4 heteroatoms. The Bertz CT molecular complexity index is 3670. The molecule has 3 aromatic heterocycles. The molecule has 0 saturated heterocycles. The van der Waals surface area contributed by atoms with Crippen LogP contribution >= 0.6 is 0 Å². The van der Waals surface area contributed by atoms with Crippen molar-refractivity contribution in [2.45, 2.75) is 0 Å². The van der Waals surface area contributed by atoms with Crippen molar-refractivity contribution in [3.05, 3.63) is 206 Å². The summed E-state index contributed by atoms with van der Waals surface area (Å²) in [6.45, 7) is 7.82. The van der Waals surface area contributed by atoms with Gasteiger partial charge in [0.1, 0.15) is 0 Å². The lowest BCUT2D eigenvalue weighted by molar-refractivity contribution is 1.18. The Labute approximate surface area is 339 Å². The molecule has 0 aliphatic carbocycles. The van der Waals surface area contributed by atoms with E-state index in [1.54, 1.807) is 0 Å². The number of rotatable bonds is 4. The molecule has 0 aliphatic rings. The molecule has 0 N–H and O–H groups in total. The minimum Gasteiger partial charge on any atom is -0.309 e. The van der Waals surface area contributed by atoms with Crippen LogP contribution in [-0.2, 0) is 0 Å². The molecule has 0 fully saturated rings. The first-order valence-electron chi connectivity index (χ1n) is 19.9. The van der Waals surface area contributed by atoms with Crippen LogP contribution in [0.2, 0.25) is 0 Å². The fraction of sp³-hybridized carbons (Fsp3) is 0. The summed E-state index contributed by atoms with van der Waals surface area (Å²) in [6.07, 6.45) is 1.97. The van der Waals surface area contributed by atoms with Crippen LogP contribution < -0.4 is 0 Å². The van der Waals surface area contributed by atoms with E-state index in [-0.39, 0.29) is 0 Å². The highest BCUT2D eigenvalue weighted by molar-refractivity contribution is 6.25. The Morgan fingerprint density at radius 2 is 1.00 bits per heavy atom. The van der Waals surface area contributed by atoms with E-state index in [9.17, 15) is 0 Å². The third-order valence-corrected chi connectivity index (χ3v) is 12.0. The summed E-state index contributed by atoms with van der Waals surface area (Å²) in [5.41, 5.74) is 12.3. The minimum absolute atomic E-state index is 0.633. The van der Waals surface area contributed by atoms with Crippen molar-refractivity contribution in [1.82, 2.24) is 14.5 Å². The molecule has 0 atom stereocenters. The van der Waals surface area contributed by atoms with Crippen molar-refractivity contribution in [2.24, 2.45) is 0 Å². The van der Waals surface area contributed by atoms with Crippen molar-refractivity contribution in [3.63, 3.8) is 0 Å². The SMILES string of the molecule is [C-]#[N+]c1ccc2c(c1)c1cc(-c3c4ccccc4c(-c4ccc5c(c4)nc(-c4ccccc4)c4ncc6ccccc6c45)c4ccccc34)ccc1n2-c1ccccc1. The third kappa shape index (κ3) is 5.02. The lowest BCUT2D eigenvalue weighted by Gasteiger charge is -2.18. The predicted octanol–water partition coefficient (Wildman–Crippen LogP) is 14.9. The van der Waals surface area contributed by atoms with Gasteiger partial charge >= 0.3 is 0 Å². The van der Waals surface area contributed by atoms with Crippen LogP contribution in [-0.4, -0.2) is 14.5 Å². The van der Waals surface area contributed by atoms with Crippen molar-refractivity contribution in [3.8, 4) is 39.2 Å². The molecule has 0 amide bonds. The molecule has 0 spiro atoms. The quantitative estimate of drug-likeness (QED) is 0.102. The Morgan fingerprint density at radius 3 is 1.68 bits per heavy atom. The number of pyridine rings is 2. The highest BCUT2D eigenvalue weighted by Crippen LogP contribution is 2.46. The van der Waals surface area contributed by atoms with Gasteiger partial charge in [-0.3, -0.25) is 4.98 Å². The maximum absolute atomic E-state index is 7.82. The minimum atomic E-state index is 0.633. The molecule has 4 nitrogen and oxygen atoms in total. The van der Waals surface area contributed by atoms with Crippen molar-refractivity contribution >= 4 is 81.6 Å². The third-order valence-electron chi connectivity index (χ3n) is 12.0. The molecule has 12 rings (SSSR count). The van der Waals surface area contributed by atoms with Crippen molar-refractivity contribution in [2.75, 3.05) is 0 Å². The first-order chi connectivity index (χ1) is 29.2. The van der Waals surface area contributed by atoms with E-state index in [2.05, 4.69) is 173 Å². The van der Waals surface area contributed by atoms with Gasteiger partial charge in [0, 0.05) is 39.0 Å². The van der Waals surface area contributed by atoms with Crippen LogP contribution in [0, 0.1) is 6.57 Å². The van der Waals surface area contributed by atoms with E-state index < -0.39 is 0 Å². The summed E-state index contributed by atoms with van der Waals surface area (Å²) < 4.78 is 2.31. The van der Waals surface area contributed by atoms with Crippen LogP contribution in [0.5, 0.6) is 0 Å². The number of benzene rings is 9. The average molecular weight is 749 g/mol. The van der Waals surface area contributed by atoms with Crippen molar-refractivity contribution in [1.29, 1.82) is 0 Å². The fourth-order valence-electron chi connectivity index (χ4n) is 9.42. The second-order valence-corrected chi connectivity index (χ2v) is 15.2. The number of para-hydroxylation sites is 1. The van der Waals surface area contributed by atoms with Gasteiger partial charge in [-0.1, -0.05) is 146 Å². The molecule has 272 valence electrons. The molecule has 0 saturated carbocycles. The summed E-state index contributed by atoms with van der Waals surface area (Å²) in [5.74, 6) is 0. The van der Waals surface area contributed by atoms with Gasteiger partial charge in [-0.05, 0) is 97.0 Å². The van der Waals surface area contributed by atoms with Crippen LogP contribution in [0.15, 0.2) is 194 Å². The van der Waals surface area contributed by atoms with Gasteiger partial charge < -0.3 is 4.57 Å². The maximum atomic E-state index is 7.82. The molecular formula is C55H32N4. The van der Waals surface area contributed by atoms with Gasteiger partial charge in [0.05, 0.1) is 34.3 Å². The summed E-state index contributed by atoms with van der Waals surface area (Å²) >= 11 is 0. The Balaban J connectivity index is 1.13. The first-order valence-corrected chi connectivity index (χ1v) is 19.9. The highest BCUT2D eigenvalue weighted by atomic mass is 15.0. The largest absolute Gasteiger partial charge is 0.309 e. The molecule has 0 aliphatic heterocycles. The zero-order chi connectivity index (χ0) is 39.0. The summed E-state index contributed by atoms with van der Waals surface area (Å²) in [7, 11) is 0. The number of aromatic nitrogens is 3. The fourth-order valence-corrected chi connectivity index (χ4v) is 9.42. The second kappa shape index (κ2) is 13.0. The van der Waals surface area contributed by atoms with E-state index in [0.29, 0.717) is 5.69 Å². The van der Waals surface area contributed by atoms with Crippen LogP contribution in [0.1, 0.15) is 0 Å². The molecule has 59 heavy (non-hydrogen) atoms. The molecule has 3 heterocycles. The zero-order valence-corrected chi connectivity index (χ0v) is 31.8. The van der Waals surface area contributed by atoms with Gasteiger partial charge in [-0.2, -0.15) is 0 Å².